The zero-order valence-electron chi connectivity index (χ0n) is 9.20. The molecule has 100 valence electrons. The molecule has 0 saturated heterocycles. The summed E-state index contributed by atoms with van der Waals surface area (Å²) in [4.78, 5) is 10.4. The van der Waals surface area contributed by atoms with Gasteiger partial charge in [0.1, 0.15) is 17.3 Å². The highest BCUT2D eigenvalue weighted by molar-refractivity contribution is 5.73. The van der Waals surface area contributed by atoms with E-state index in [0.29, 0.717) is 12.4 Å². The lowest BCUT2D eigenvalue weighted by Gasteiger charge is -2.09. The zero-order valence-corrected chi connectivity index (χ0v) is 9.20. The predicted octanol–water partition coefficient (Wildman–Crippen LogP) is 3.80. The SMILES string of the molecule is O=Cc1ccc(-c2cc(F)cc(OC(F)(F)F)c2)o1. The molecule has 2 rings (SSSR count). The minimum atomic E-state index is -4.91. The van der Waals surface area contributed by atoms with Crippen LogP contribution in [0.15, 0.2) is 34.7 Å². The van der Waals surface area contributed by atoms with Crippen LogP contribution in [0.1, 0.15) is 10.6 Å². The Hall–Kier alpha value is -2.31. The van der Waals surface area contributed by atoms with E-state index < -0.39 is 17.9 Å². The van der Waals surface area contributed by atoms with Gasteiger partial charge in [-0.2, -0.15) is 0 Å². The molecule has 1 aromatic heterocycles. The van der Waals surface area contributed by atoms with Gasteiger partial charge in [-0.1, -0.05) is 0 Å². The van der Waals surface area contributed by atoms with E-state index in [1.54, 1.807) is 0 Å². The van der Waals surface area contributed by atoms with Crippen LogP contribution in [-0.2, 0) is 0 Å². The molecule has 3 nitrogen and oxygen atoms in total. The first-order valence-corrected chi connectivity index (χ1v) is 4.99. The molecule has 0 amide bonds. The highest BCUT2D eigenvalue weighted by Gasteiger charge is 2.31. The molecule has 19 heavy (non-hydrogen) atoms. The predicted molar refractivity (Wildman–Crippen MR) is 56.2 cm³/mol. The fourth-order valence-corrected chi connectivity index (χ4v) is 1.47. The quantitative estimate of drug-likeness (QED) is 0.631. The molecule has 0 spiro atoms. The van der Waals surface area contributed by atoms with Crippen molar-refractivity contribution in [1.29, 1.82) is 0 Å². The highest BCUT2D eigenvalue weighted by atomic mass is 19.4. The van der Waals surface area contributed by atoms with Crippen molar-refractivity contribution in [3.63, 3.8) is 0 Å². The average molecular weight is 274 g/mol. The molecule has 0 fully saturated rings. The van der Waals surface area contributed by atoms with Gasteiger partial charge < -0.3 is 9.15 Å². The maximum Gasteiger partial charge on any atom is 0.573 e. The number of alkyl halides is 3. The zero-order chi connectivity index (χ0) is 14.0. The Morgan fingerprint density at radius 2 is 1.89 bits per heavy atom. The number of carbonyl (C=O) groups excluding carboxylic acids is 1. The van der Waals surface area contributed by atoms with Gasteiger partial charge in [0.05, 0.1) is 0 Å². The first-order valence-electron chi connectivity index (χ1n) is 4.99. The molecule has 0 bridgehead atoms. The van der Waals surface area contributed by atoms with Gasteiger partial charge in [0.15, 0.2) is 12.0 Å². The average Bonchev–Trinajstić information content (AvgIpc) is 2.74. The van der Waals surface area contributed by atoms with Crippen molar-refractivity contribution in [3.05, 3.63) is 41.9 Å². The van der Waals surface area contributed by atoms with E-state index in [1.165, 1.54) is 12.1 Å². The van der Waals surface area contributed by atoms with Gasteiger partial charge in [-0.15, -0.1) is 13.2 Å². The maximum absolute atomic E-state index is 13.2. The van der Waals surface area contributed by atoms with Gasteiger partial charge in [0.25, 0.3) is 0 Å². The van der Waals surface area contributed by atoms with Crippen LogP contribution in [0.3, 0.4) is 0 Å². The molecule has 0 N–H and O–H groups in total. The molecular weight excluding hydrogens is 268 g/mol. The number of hydrogen-bond acceptors (Lipinski definition) is 3. The van der Waals surface area contributed by atoms with Crippen LogP contribution in [0.5, 0.6) is 5.75 Å². The molecule has 2 aromatic rings. The van der Waals surface area contributed by atoms with Crippen molar-refractivity contribution in [3.8, 4) is 17.1 Å². The first-order chi connectivity index (χ1) is 8.87. The summed E-state index contributed by atoms with van der Waals surface area (Å²) in [5, 5.41) is 0. The Bertz CT molecular complexity index is 601. The van der Waals surface area contributed by atoms with E-state index >= 15 is 0 Å². The normalized spacial score (nSPS) is 11.4. The van der Waals surface area contributed by atoms with E-state index in [1.807, 2.05) is 0 Å². The van der Waals surface area contributed by atoms with Crippen LogP contribution in [0.4, 0.5) is 17.6 Å². The number of furan rings is 1. The topological polar surface area (TPSA) is 39.4 Å². The van der Waals surface area contributed by atoms with Crippen molar-refractivity contribution in [2.24, 2.45) is 0 Å². The van der Waals surface area contributed by atoms with Crippen LogP contribution in [0.25, 0.3) is 11.3 Å². The molecular formula is C12H6F4O3. The van der Waals surface area contributed by atoms with Gasteiger partial charge >= 0.3 is 6.36 Å². The van der Waals surface area contributed by atoms with E-state index in [4.69, 9.17) is 4.42 Å². The smallest absolute Gasteiger partial charge is 0.453 e. The number of rotatable bonds is 3. The van der Waals surface area contributed by atoms with Crippen LogP contribution < -0.4 is 4.74 Å². The molecule has 0 atom stereocenters. The number of aldehydes is 1. The van der Waals surface area contributed by atoms with Crippen molar-refractivity contribution in [2.45, 2.75) is 6.36 Å². The van der Waals surface area contributed by atoms with Crippen LogP contribution >= 0.6 is 0 Å². The van der Waals surface area contributed by atoms with Crippen molar-refractivity contribution >= 4 is 6.29 Å². The minimum Gasteiger partial charge on any atom is -0.453 e. The van der Waals surface area contributed by atoms with Gasteiger partial charge in [0.2, 0.25) is 0 Å². The Balaban J connectivity index is 2.38. The molecule has 1 heterocycles. The Kier molecular flexibility index (Phi) is 3.28. The third-order valence-corrected chi connectivity index (χ3v) is 2.13. The van der Waals surface area contributed by atoms with Crippen molar-refractivity contribution in [1.82, 2.24) is 0 Å². The van der Waals surface area contributed by atoms with Gasteiger partial charge in [0, 0.05) is 11.6 Å². The fraction of sp³-hybridized carbons (Fsp3) is 0.0833. The first kappa shape index (κ1) is 13.1. The van der Waals surface area contributed by atoms with Gasteiger partial charge in [-0.05, 0) is 24.3 Å². The monoisotopic (exact) mass is 274 g/mol. The third kappa shape index (κ3) is 3.34. The van der Waals surface area contributed by atoms with E-state index in [-0.39, 0.29) is 17.1 Å². The summed E-state index contributed by atoms with van der Waals surface area (Å²) >= 11 is 0. The second-order valence-corrected chi connectivity index (χ2v) is 3.54. The highest BCUT2D eigenvalue weighted by Crippen LogP contribution is 2.30. The Morgan fingerprint density at radius 3 is 2.47 bits per heavy atom. The summed E-state index contributed by atoms with van der Waals surface area (Å²) in [5.41, 5.74) is 0.0346. The maximum atomic E-state index is 13.2. The fourth-order valence-electron chi connectivity index (χ4n) is 1.47. The second kappa shape index (κ2) is 4.75. The number of carbonyl (C=O) groups is 1. The van der Waals surface area contributed by atoms with Gasteiger partial charge in [-0.3, -0.25) is 4.79 Å². The number of ether oxygens (including phenoxy) is 1. The number of halogens is 4. The van der Waals surface area contributed by atoms with Crippen molar-refractivity contribution < 1.29 is 31.5 Å². The molecule has 1 aromatic carbocycles. The summed E-state index contributed by atoms with van der Waals surface area (Å²) < 4.78 is 58.0. The summed E-state index contributed by atoms with van der Waals surface area (Å²) in [5.74, 6) is -1.57. The van der Waals surface area contributed by atoms with Gasteiger partial charge in [-0.25, -0.2) is 4.39 Å². The van der Waals surface area contributed by atoms with E-state index in [2.05, 4.69) is 4.74 Å². The lowest BCUT2D eigenvalue weighted by Crippen LogP contribution is -2.17. The van der Waals surface area contributed by atoms with E-state index in [9.17, 15) is 22.4 Å². The van der Waals surface area contributed by atoms with Crippen LogP contribution in [0.2, 0.25) is 0 Å². The van der Waals surface area contributed by atoms with Crippen LogP contribution in [-0.4, -0.2) is 12.6 Å². The largest absolute Gasteiger partial charge is 0.573 e. The second-order valence-electron chi connectivity index (χ2n) is 3.54. The number of benzene rings is 1. The summed E-state index contributed by atoms with van der Waals surface area (Å²) in [6.07, 6.45) is -4.49. The molecule has 0 radical (unpaired) electrons. The Labute approximate surface area is 104 Å². The van der Waals surface area contributed by atoms with E-state index in [0.717, 1.165) is 12.1 Å². The summed E-state index contributed by atoms with van der Waals surface area (Å²) in [6.45, 7) is 0. The third-order valence-electron chi connectivity index (χ3n) is 2.13. The Morgan fingerprint density at radius 1 is 1.16 bits per heavy atom. The molecule has 0 unspecified atom stereocenters. The molecule has 0 aliphatic carbocycles. The lowest BCUT2D eigenvalue weighted by molar-refractivity contribution is -0.274. The number of hydrogen-bond donors (Lipinski definition) is 0. The standard InChI is InChI=1S/C12H6F4O3/c13-8-3-7(11-2-1-9(6-17)18-11)4-10(5-8)19-12(14,15)16/h1-6H. The molecule has 0 saturated carbocycles. The lowest BCUT2D eigenvalue weighted by atomic mass is 10.1. The summed E-state index contributed by atoms with van der Waals surface area (Å²) in [7, 11) is 0. The molecule has 0 aliphatic heterocycles. The molecule has 7 heteroatoms. The van der Waals surface area contributed by atoms with Crippen molar-refractivity contribution in [2.75, 3.05) is 0 Å². The minimum absolute atomic E-state index is 0.0162. The summed E-state index contributed by atoms with van der Waals surface area (Å²) in [6, 6.07) is 5.19. The van der Waals surface area contributed by atoms with Crippen LogP contribution in [0, 0.1) is 5.82 Å². The molecule has 0 aliphatic rings.